The van der Waals surface area contributed by atoms with Crippen molar-refractivity contribution in [2.24, 2.45) is 5.92 Å². The van der Waals surface area contributed by atoms with Gasteiger partial charge in [-0.2, -0.15) is 0 Å². The molecule has 146 valence electrons. The average molecular weight is 398 g/mol. The first-order chi connectivity index (χ1) is 13.5. The van der Waals surface area contributed by atoms with E-state index in [1.807, 2.05) is 26.0 Å². The number of amides is 1. The molecule has 3 aromatic rings. The first kappa shape index (κ1) is 19.9. The molecule has 1 heterocycles. The van der Waals surface area contributed by atoms with Crippen LogP contribution < -0.4 is 15.6 Å². The Morgan fingerprint density at radius 2 is 1.89 bits per heavy atom. The standard InChI is InChI=1S/C21H23N3O3S/c1-14(2)12-22-19(25)13-28-21-23-18-7-5-4-6-17(18)20(26)24(21)15-8-10-16(27-3)11-9-15/h4-11,14H,12-13H2,1-3H3,(H,22,25). The number of hydrogen-bond acceptors (Lipinski definition) is 5. The van der Waals surface area contributed by atoms with Crippen LogP contribution in [0.5, 0.6) is 5.75 Å². The van der Waals surface area contributed by atoms with Crippen LogP contribution in [0.15, 0.2) is 58.5 Å². The number of carbonyl (C=O) groups excluding carboxylic acids is 1. The molecule has 1 N–H and O–H groups in total. The molecule has 0 atom stereocenters. The highest BCUT2D eigenvalue weighted by atomic mass is 32.2. The second kappa shape index (κ2) is 8.93. The molecule has 6 nitrogen and oxygen atoms in total. The average Bonchev–Trinajstić information content (AvgIpc) is 2.71. The first-order valence-corrected chi connectivity index (χ1v) is 10.0. The third kappa shape index (κ3) is 4.54. The number of aromatic nitrogens is 2. The van der Waals surface area contributed by atoms with Crippen molar-refractivity contribution >= 4 is 28.6 Å². The number of ether oxygens (including phenoxy) is 1. The Morgan fingerprint density at radius 3 is 2.57 bits per heavy atom. The van der Waals surface area contributed by atoms with Gasteiger partial charge in [0.1, 0.15) is 5.75 Å². The topological polar surface area (TPSA) is 73.2 Å². The number of hydrogen-bond donors (Lipinski definition) is 1. The van der Waals surface area contributed by atoms with E-state index in [-0.39, 0.29) is 17.2 Å². The molecule has 0 unspecified atom stereocenters. The molecule has 1 amide bonds. The molecular formula is C21H23N3O3S. The van der Waals surface area contributed by atoms with Crippen molar-refractivity contribution < 1.29 is 9.53 Å². The summed E-state index contributed by atoms with van der Waals surface area (Å²) < 4.78 is 6.74. The minimum absolute atomic E-state index is 0.0811. The second-order valence-electron chi connectivity index (χ2n) is 6.74. The van der Waals surface area contributed by atoms with E-state index >= 15 is 0 Å². The fraction of sp³-hybridized carbons (Fsp3) is 0.286. The summed E-state index contributed by atoms with van der Waals surface area (Å²) in [4.78, 5) is 29.9. The molecule has 28 heavy (non-hydrogen) atoms. The van der Waals surface area contributed by atoms with E-state index in [2.05, 4.69) is 10.3 Å². The Bertz CT molecular complexity index is 1030. The molecule has 0 bridgehead atoms. The summed E-state index contributed by atoms with van der Waals surface area (Å²) in [6, 6.07) is 14.4. The van der Waals surface area contributed by atoms with Crippen LogP contribution >= 0.6 is 11.8 Å². The van der Waals surface area contributed by atoms with E-state index in [1.54, 1.807) is 48.1 Å². The van der Waals surface area contributed by atoms with E-state index in [0.29, 0.717) is 40.0 Å². The zero-order valence-corrected chi connectivity index (χ0v) is 17.0. The molecule has 2 aromatic carbocycles. The van der Waals surface area contributed by atoms with Gasteiger partial charge in [0.2, 0.25) is 5.91 Å². The van der Waals surface area contributed by atoms with Gasteiger partial charge in [0, 0.05) is 6.54 Å². The molecule has 7 heteroatoms. The smallest absolute Gasteiger partial charge is 0.266 e. The van der Waals surface area contributed by atoms with E-state index < -0.39 is 0 Å². The van der Waals surface area contributed by atoms with Crippen molar-refractivity contribution in [2.75, 3.05) is 19.4 Å². The van der Waals surface area contributed by atoms with Gasteiger partial charge < -0.3 is 10.1 Å². The lowest BCUT2D eigenvalue weighted by molar-refractivity contribution is -0.118. The van der Waals surface area contributed by atoms with Crippen molar-refractivity contribution in [1.29, 1.82) is 0 Å². The van der Waals surface area contributed by atoms with Gasteiger partial charge in [0.15, 0.2) is 5.16 Å². The number of thioether (sulfide) groups is 1. The van der Waals surface area contributed by atoms with Crippen molar-refractivity contribution in [1.82, 2.24) is 14.9 Å². The number of carbonyl (C=O) groups is 1. The molecule has 0 spiro atoms. The fourth-order valence-corrected chi connectivity index (χ4v) is 3.51. The van der Waals surface area contributed by atoms with E-state index in [9.17, 15) is 9.59 Å². The number of benzene rings is 2. The number of fused-ring (bicyclic) bond motifs is 1. The minimum Gasteiger partial charge on any atom is -0.497 e. The van der Waals surface area contributed by atoms with Gasteiger partial charge in [-0.25, -0.2) is 4.98 Å². The molecule has 0 aliphatic carbocycles. The Hall–Kier alpha value is -2.80. The van der Waals surface area contributed by atoms with Crippen LogP contribution in [-0.4, -0.2) is 34.9 Å². The number of methoxy groups -OCH3 is 1. The third-order valence-corrected chi connectivity index (χ3v) is 5.05. The largest absolute Gasteiger partial charge is 0.497 e. The van der Waals surface area contributed by atoms with Crippen molar-refractivity contribution in [3.63, 3.8) is 0 Å². The Labute approximate surface area is 167 Å². The van der Waals surface area contributed by atoms with Gasteiger partial charge in [-0.05, 0) is 42.3 Å². The maximum absolute atomic E-state index is 13.1. The van der Waals surface area contributed by atoms with Crippen molar-refractivity contribution in [3.8, 4) is 11.4 Å². The third-order valence-electron chi connectivity index (χ3n) is 4.12. The summed E-state index contributed by atoms with van der Waals surface area (Å²) in [6.45, 7) is 4.70. The van der Waals surface area contributed by atoms with E-state index in [0.717, 1.165) is 0 Å². The molecular weight excluding hydrogens is 374 g/mol. The highest BCUT2D eigenvalue weighted by molar-refractivity contribution is 7.99. The predicted molar refractivity (Wildman–Crippen MR) is 112 cm³/mol. The molecule has 0 saturated carbocycles. The van der Waals surface area contributed by atoms with Crippen LogP contribution in [0.25, 0.3) is 16.6 Å². The lowest BCUT2D eigenvalue weighted by atomic mass is 10.2. The first-order valence-electron chi connectivity index (χ1n) is 9.05. The second-order valence-corrected chi connectivity index (χ2v) is 7.68. The summed E-state index contributed by atoms with van der Waals surface area (Å²) in [5.74, 6) is 1.19. The van der Waals surface area contributed by atoms with Gasteiger partial charge in [-0.15, -0.1) is 0 Å². The summed E-state index contributed by atoms with van der Waals surface area (Å²) in [5, 5.41) is 3.90. The van der Waals surface area contributed by atoms with Gasteiger partial charge in [0.25, 0.3) is 5.56 Å². The van der Waals surface area contributed by atoms with Crippen LogP contribution in [0, 0.1) is 5.92 Å². The quantitative estimate of drug-likeness (QED) is 0.489. The summed E-state index contributed by atoms with van der Waals surface area (Å²) in [7, 11) is 1.59. The number of rotatable bonds is 7. The number of nitrogens with zero attached hydrogens (tertiary/aromatic N) is 2. The Kier molecular flexibility index (Phi) is 6.36. The van der Waals surface area contributed by atoms with Gasteiger partial charge >= 0.3 is 0 Å². The summed E-state index contributed by atoms with van der Waals surface area (Å²) in [6.07, 6.45) is 0. The monoisotopic (exact) mass is 397 g/mol. The molecule has 3 rings (SSSR count). The van der Waals surface area contributed by atoms with Crippen LogP contribution in [-0.2, 0) is 4.79 Å². The fourth-order valence-electron chi connectivity index (χ4n) is 2.67. The molecule has 0 fully saturated rings. The number of para-hydroxylation sites is 1. The van der Waals surface area contributed by atoms with Crippen molar-refractivity contribution in [2.45, 2.75) is 19.0 Å². The zero-order valence-electron chi connectivity index (χ0n) is 16.1. The van der Waals surface area contributed by atoms with Crippen LogP contribution in [0.2, 0.25) is 0 Å². The zero-order chi connectivity index (χ0) is 20.1. The lowest BCUT2D eigenvalue weighted by Crippen LogP contribution is -2.29. The maximum Gasteiger partial charge on any atom is 0.266 e. The molecule has 0 radical (unpaired) electrons. The normalized spacial score (nSPS) is 11.0. The minimum atomic E-state index is -0.166. The summed E-state index contributed by atoms with van der Waals surface area (Å²) >= 11 is 1.25. The lowest BCUT2D eigenvalue weighted by Gasteiger charge is -2.14. The molecule has 1 aromatic heterocycles. The van der Waals surface area contributed by atoms with Gasteiger partial charge in [-0.1, -0.05) is 37.7 Å². The van der Waals surface area contributed by atoms with Crippen molar-refractivity contribution in [3.05, 3.63) is 58.9 Å². The molecule has 0 aliphatic heterocycles. The molecule has 0 saturated heterocycles. The summed E-state index contributed by atoms with van der Waals surface area (Å²) in [5.41, 5.74) is 1.12. The predicted octanol–water partition coefficient (Wildman–Crippen LogP) is 3.26. The highest BCUT2D eigenvalue weighted by Crippen LogP contribution is 2.22. The van der Waals surface area contributed by atoms with Crippen LogP contribution in [0.3, 0.4) is 0 Å². The molecule has 0 aliphatic rings. The van der Waals surface area contributed by atoms with Crippen LogP contribution in [0.1, 0.15) is 13.8 Å². The maximum atomic E-state index is 13.1. The van der Waals surface area contributed by atoms with E-state index in [1.165, 1.54) is 11.8 Å². The van der Waals surface area contributed by atoms with Gasteiger partial charge in [-0.3, -0.25) is 14.2 Å². The Balaban J connectivity index is 1.99. The number of nitrogens with one attached hydrogen (secondary N) is 1. The van der Waals surface area contributed by atoms with E-state index in [4.69, 9.17) is 4.74 Å². The highest BCUT2D eigenvalue weighted by Gasteiger charge is 2.15. The van der Waals surface area contributed by atoms with Gasteiger partial charge in [0.05, 0.1) is 29.5 Å². The Morgan fingerprint density at radius 1 is 1.18 bits per heavy atom. The SMILES string of the molecule is COc1ccc(-n2c(SCC(=O)NCC(C)C)nc3ccccc3c2=O)cc1. The van der Waals surface area contributed by atoms with Crippen LogP contribution in [0.4, 0.5) is 0 Å².